The first kappa shape index (κ1) is 13.6. The van der Waals surface area contributed by atoms with Gasteiger partial charge in [0.15, 0.2) is 0 Å². The Morgan fingerprint density at radius 2 is 1.74 bits per heavy atom. The number of carboxylic acids is 1. The van der Waals surface area contributed by atoms with Crippen LogP contribution in [0.3, 0.4) is 0 Å². The first-order valence-corrected chi connectivity index (χ1v) is 9.69. The van der Waals surface area contributed by atoms with Gasteiger partial charge in [-0.15, -0.1) is 0 Å². The van der Waals surface area contributed by atoms with Gasteiger partial charge in [0.05, 0.1) is 6.42 Å². The molecule has 0 saturated heterocycles. The Morgan fingerprint density at radius 3 is 2.32 bits per heavy atom. The molecule has 0 aliphatic rings. The fourth-order valence-electron chi connectivity index (χ4n) is 2.07. The molecule has 3 nitrogen and oxygen atoms in total. The minimum Gasteiger partial charge on any atom is -0.544 e. The Bertz CT molecular complexity index is 614. The van der Waals surface area contributed by atoms with E-state index in [0.29, 0.717) is 0 Å². The van der Waals surface area contributed by atoms with Gasteiger partial charge in [-0.25, -0.2) is 0 Å². The van der Waals surface area contributed by atoms with E-state index in [1.165, 1.54) is 0 Å². The fraction of sp³-hybridized carbons (Fsp3) is 0.267. The van der Waals surface area contributed by atoms with Crippen molar-refractivity contribution in [1.82, 2.24) is 0 Å². The molecule has 0 saturated carbocycles. The third kappa shape index (κ3) is 3.35. The van der Waals surface area contributed by atoms with Crippen LogP contribution >= 0.6 is 0 Å². The van der Waals surface area contributed by atoms with E-state index in [1.807, 2.05) is 36.4 Å². The molecule has 100 valence electrons. The topological polar surface area (TPSA) is 46.5 Å². The summed E-state index contributed by atoms with van der Waals surface area (Å²) in [4.78, 5) is 10.9. The minimum atomic E-state index is -1.68. The summed E-state index contributed by atoms with van der Waals surface area (Å²) < 4.78 is 6.07. The maximum Gasteiger partial charge on any atom is 0.307 e. The fourth-order valence-corrected chi connectivity index (χ4v) is 2.91. The van der Waals surface area contributed by atoms with Gasteiger partial charge in [0.2, 0.25) is 8.32 Å². The quantitative estimate of drug-likeness (QED) is 0.865. The second-order valence-corrected chi connectivity index (χ2v) is 9.98. The molecule has 19 heavy (non-hydrogen) atoms. The molecule has 2 aromatic carbocycles. The molecule has 2 aromatic rings. The number of fused-ring (bicyclic) bond motifs is 1. The lowest BCUT2D eigenvalue weighted by Gasteiger charge is -2.21. The zero-order valence-electron chi connectivity index (χ0n) is 11.4. The van der Waals surface area contributed by atoms with Gasteiger partial charge < -0.3 is 9.53 Å². The van der Waals surface area contributed by atoms with Crippen molar-refractivity contribution >= 4 is 25.1 Å². The van der Waals surface area contributed by atoms with Gasteiger partial charge in [0.1, 0.15) is 5.75 Å². The third-order valence-electron chi connectivity index (χ3n) is 2.73. The summed E-state index contributed by atoms with van der Waals surface area (Å²) in [6.45, 7) is 6.40. The second-order valence-electron chi connectivity index (χ2n) is 5.55. The number of rotatable bonds is 4. The lowest BCUT2D eigenvalue weighted by atomic mass is 10.0. The standard InChI is InChI=1S/C15H18O3Si/c1-19(2,3)18-14-9-8-11(10-15(16)17)12-6-4-5-7-13(12)14/h4-9H,10H2,1-3H3,(H,16,17). The Kier molecular flexibility index (Phi) is 3.62. The third-order valence-corrected chi connectivity index (χ3v) is 3.56. The van der Waals surface area contributed by atoms with Crippen LogP contribution in [0.15, 0.2) is 36.4 Å². The van der Waals surface area contributed by atoms with Crippen LogP contribution in [0.1, 0.15) is 5.56 Å². The number of hydrogen-bond donors (Lipinski definition) is 1. The molecular formula is C15H18O3Si. The van der Waals surface area contributed by atoms with Crippen LogP contribution in [0.2, 0.25) is 19.6 Å². The number of carbonyl (C=O) groups is 1. The normalized spacial score (nSPS) is 11.5. The smallest absolute Gasteiger partial charge is 0.307 e. The molecule has 2 rings (SSSR count). The highest BCUT2D eigenvalue weighted by Crippen LogP contribution is 2.30. The van der Waals surface area contributed by atoms with Crippen molar-refractivity contribution in [3.8, 4) is 5.75 Å². The van der Waals surface area contributed by atoms with Crippen LogP contribution in [-0.4, -0.2) is 19.4 Å². The van der Waals surface area contributed by atoms with Crippen LogP contribution in [0.5, 0.6) is 5.75 Å². The zero-order chi connectivity index (χ0) is 14.0. The number of carboxylic acid groups (broad SMARTS) is 1. The SMILES string of the molecule is C[Si](C)(C)Oc1ccc(CC(=O)O)c2ccccc12. The van der Waals surface area contributed by atoms with Crippen LogP contribution in [0.4, 0.5) is 0 Å². The molecule has 0 heterocycles. The lowest BCUT2D eigenvalue weighted by molar-refractivity contribution is -0.136. The van der Waals surface area contributed by atoms with Crippen LogP contribution in [-0.2, 0) is 11.2 Å². The summed E-state index contributed by atoms with van der Waals surface area (Å²) in [5.41, 5.74) is 0.825. The maximum atomic E-state index is 10.9. The van der Waals surface area contributed by atoms with Crippen LogP contribution in [0, 0.1) is 0 Å². The molecule has 0 aliphatic carbocycles. The Labute approximate surface area is 114 Å². The van der Waals surface area contributed by atoms with Crippen LogP contribution in [0.25, 0.3) is 10.8 Å². The van der Waals surface area contributed by atoms with Crippen molar-refractivity contribution < 1.29 is 14.3 Å². The van der Waals surface area contributed by atoms with Gasteiger partial charge in [-0.2, -0.15) is 0 Å². The predicted molar refractivity (Wildman–Crippen MR) is 79.3 cm³/mol. The summed E-state index contributed by atoms with van der Waals surface area (Å²) in [6, 6.07) is 11.5. The average molecular weight is 274 g/mol. The first-order chi connectivity index (χ1) is 8.87. The molecule has 0 atom stereocenters. The first-order valence-electron chi connectivity index (χ1n) is 6.28. The molecule has 0 amide bonds. The zero-order valence-corrected chi connectivity index (χ0v) is 12.4. The molecule has 0 spiro atoms. The molecule has 4 heteroatoms. The van der Waals surface area contributed by atoms with Crippen molar-refractivity contribution in [1.29, 1.82) is 0 Å². The molecule has 0 aliphatic heterocycles. The van der Waals surface area contributed by atoms with E-state index < -0.39 is 14.3 Å². The Hall–Kier alpha value is -1.81. The van der Waals surface area contributed by atoms with E-state index in [2.05, 4.69) is 19.6 Å². The van der Waals surface area contributed by atoms with Gasteiger partial charge in [-0.3, -0.25) is 4.79 Å². The number of aliphatic carboxylic acids is 1. The number of benzene rings is 2. The highest BCUT2D eigenvalue weighted by Gasteiger charge is 2.18. The van der Waals surface area contributed by atoms with E-state index in [-0.39, 0.29) is 6.42 Å². The molecule has 0 fully saturated rings. The average Bonchev–Trinajstić information content (AvgIpc) is 2.30. The van der Waals surface area contributed by atoms with Gasteiger partial charge >= 0.3 is 5.97 Å². The number of hydrogen-bond acceptors (Lipinski definition) is 2. The van der Waals surface area contributed by atoms with Crippen LogP contribution < -0.4 is 4.43 Å². The molecule has 0 unspecified atom stereocenters. The van der Waals surface area contributed by atoms with Gasteiger partial charge in [-0.05, 0) is 36.7 Å². The second kappa shape index (κ2) is 5.05. The molecule has 0 radical (unpaired) electrons. The van der Waals surface area contributed by atoms with E-state index in [0.717, 1.165) is 22.1 Å². The van der Waals surface area contributed by atoms with Crippen molar-refractivity contribution in [2.24, 2.45) is 0 Å². The Balaban J connectivity index is 2.55. The minimum absolute atomic E-state index is 0.0355. The van der Waals surface area contributed by atoms with E-state index in [4.69, 9.17) is 9.53 Å². The highest BCUT2D eigenvalue weighted by molar-refractivity contribution is 6.70. The van der Waals surface area contributed by atoms with Crippen molar-refractivity contribution in [2.75, 3.05) is 0 Å². The molecule has 0 bridgehead atoms. The van der Waals surface area contributed by atoms with Gasteiger partial charge in [0, 0.05) is 5.39 Å². The molecule has 0 aromatic heterocycles. The van der Waals surface area contributed by atoms with Gasteiger partial charge in [-0.1, -0.05) is 30.3 Å². The van der Waals surface area contributed by atoms with E-state index in [9.17, 15) is 4.79 Å². The molecular weight excluding hydrogens is 256 g/mol. The highest BCUT2D eigenvalue weighted by atomic mass is 28.4. The van der Waals surface area contributed by atoms with E-state index >= 15 is 0 Å². The lowest BCUT2D eigenvalue weighted by Crippen LogP contribution is -2.29. The monoisotopic (exact) mass is 274 g/mol. The summed E-state index contributed by atoms with van der Waals surface area (Å²) in [7, 11) is -1.68. The van der Waals surface area contributed by atoms with Crippen molar-refractivity contribution in [2.45, 2.75) is 26.1 Å². The summed E-state index contributed by atoms with van der Waals surface area (Å²) >= 11 is 0. The summed E-state index contributed by atoms with van der Waals surface area (Å²) in [6.07, 6.45) is 0.0355. The maximum absolute atomic E-state index is 10.9. The largest absolute Gasteiger partial charge is 0.544 e. The predicted octanol–water partition coefficient (Wildman–Crippen LogP) is 3.68. The van der Waals surface area contributed by atoms with Gasteiger partial charge in [0.25, 0.3) is 0 Å². The summed E-state index contributed by atoms with van der Waals surface area (Å²) in [5, 5.41) is 10.9. The van der Waals surface area contributed by atoms with Crippen molar-refractivity contribution in [3.63, 3.8) is 0 Å². The summed E-state index contributed by atoms with van der Waals surface area (Å²) in [5.74, 6) is 0.0351. The van der Waals surface area contributed by atoms with E-state index in [1.54, 1.807) is 0 Å². The Morgan fingerprint density at radius 1 is 1.11 bits per heavy atom. The molecule has 1 N–H and O–H groups in total. The van der Waals surface area contributed by atoms with Crippen molar-refractivity contribution in [3.05, 3.63) is 42.0 Å².